The van der Waals surface area contributed by atoms with Gasteiger partial charge in [-0.3, -0.25) is 0 Å². The van der Waals surface area contributed by atoms with E-state index in [-0.39, 0.29) is 36.3 Å². The van der Waals surface area contributed by atoms with Gasteiger partial charge in [-0.15, -0.1) is 11.2 Å². The van der Waals surface area contributed by atoms with Crippen LogP contribution in [0.1, 0.15) is 166 Å². The van der Waals surface area contributed by atoms with Crippen molar-refractivity contribution >= 4 is 15.8 Å². The Hall–Kier alpha value is 1.44. The van der Waals surface area contributed by atoms with Gasteiger partial charge in [-0.05, 0) is 30.9 Å². The molecular weight excluding hydrogens is 585 g/mol. The Labute approximate surface area is 253 Å². The molecule has 37 heavy (non-hydrogen) atoms. The van der Waals surface area contributed by atoms with Crippen molar-refractivity contribution in [2.24, 2.45) is 0 Å². The molecule has 232 valence electrons. The van der Waals surface area contributed by atoms with Crippen molar-refractivity contribution in [2.75, 3.05) is 0 Å². The topological polar surface area (TPSA) is 46.1 Å². The maximum atomic E-state index is 10.1. The first-order valence-corrected chi connectivity index (χ1v) is 16.4. The van der Waals surface area contributed by atoms with Crippen molar-refractivity contribution in [1.29, 1.82) is 0 Å². The van der Waals surface area contributed by atoms with Gasteiger partial charge in [0.25, 0.3) is 0 Å². The zero-order chi connectivity index (χ0) is 31.2. The third kappa shape index (κ3) is 33.5. The van der Waals surface area contributed by atoms with Crippen LogP contribution >= 0.6 is 15.8 Å². The Morgan fingerprint density at radius 1 is 0.270 bits per heavy atom. The molecule has 0 aliphatic carbocycles. The molecule has 0 atom stereocenters. The molecule has 0 saturated carbocycles. The monoisotopic (exact) mass is 656 g/mol. The van der Waals surface area contributed by atoms with Crippen LogP contribution in [0.15, 0.2) is 0 Å². The largest absolute Gasteiger partial charge is 2.00 e. The summed E-state index contributed by atoms with van der Waals surface area (Å²) in [6.07, 6.45) is 0. The van der Waals surface area contributed by atoms with Crippen molar-refractivity contribution < 1.29 is 30.6 Å². The average Bonchev–Trinajstić information content (AvgIpc) is 2.19. The van der Waals surface area contributed by atoms with Crippen LogP contribution in [0, 0.1) is 0 Å². The summed E-state index contributed by atoms with van der Waals surface area (Å²) in [5, 5.41) is 22.9. The van der Waals surface area contributed by atoms with E-state index in [9.17, 15) is 10.2 Å². The van der Waals surface area contributed by atoms with Crippen molar-refractivity contribution in [3.63, 3.8) is 0 Å². The summed E-state index contributed by atoms with van der Waals surface area (Å²) in [6.45, 7) is 52.7. The fourth-order valence-corrected chi connectivity index (χ4v) is 18.1. The first-order valence-electron chi connectivity index (χ1n) is 13.7. The zero-order valence-electron chi connectivity index (χ0n) is 30.0. The van der Waals surface area contributed by atoms with Gasteiger partial charge >= 0.3 is 20.4 Å². The van der Waals surface area contributed by atoms with Gasteiger partial charge in [0.1, 0.15) is 0 Å². The van der Waals surface area contributed by atoms with Crippen molar-refractivity contribution in [1.82, 2.24) is 0 Å². The zero-order valence-corrected chi connectivity index (χ0v) is 33.4. The van der Waals surface area contributed by atoms with Crippen LogP contribution in [0.3, 0.4) is 0 Å². The summed E-state index contributed by atoms with van der Waals surface area (Å²) in [5.41, 5.74) is -1.50. The van der Waals surface area contributed by atoms with E-state index in [1.54, 1.807) is 41.5 Å². The van der Waals surface area contributed by atoms with Crippen LogP contribution in [0.2, 0.25) is 0 Å². The molecule has 0 aromatic carbocycles. The molecule has 0 saturated heterocycles. The number of hydrogen-bond donors (Lipinski definition) is 0. The molecule has 0 aromatic rings. The third-order valence-electron chi connectivity index (χ3n) is 4.02. The van der Waals surface area contributed by atoms with E-state index in [1.165, 1.54) is 0 Å². The predicted molar refractivity (Wildman–Crippen MR) is 172 cm³/mol. The van der Waals surface area contributed by atoms with Crippen LogP contribution in [-0.4, -0.2) is 42.1 Å². The second-order valence-electron chi connectivity index (χ2n) is 17.9. The van der Waals surface area contributed by atoms with Crippen LogP contribution in [-0.2, 0) is 20.4 Å². The van der Waals surface area contributed by atoms with Gasteiger partial charge in [0, 0.05) is 0 Å². The SMILES string of the molecule is CC(C)(C)P(C(C)(C)C)C(C)(C)C.CC(C)(C)P(C(C)(C)C)C(C)(C)C.CC(C)(C)[O-].CC(C)(C)[O-].[Pd+2]. The molecule has 0 N–H and O–H groups in total. The molecule has 0 unspecified atom stereocenters. The van der Waals surface area contributed by atoms with Crippen LogP contribution in [0.5, 0.6) is 0 Å². The average molecular weight is 657 g/mol. The minimum Gasteiger partial charge on any atom is -0.850 e. The number of rotatable bonds is 0. The Morgan fingerprint density at radius 3 is 0.324 bits per heavy atom. The van der Waals surface area contributed by atoms with Gasteiger partial charge < -0.3 is 10.2 Å². The van der Waals surface area contributed by atoms with E-state index >= 15 is 0 Å². The van der Waals surface area contributed by atoms with E-state index in [4.69, 9.17) is 0 Å². The Kier molecular flexibility index (Phi) is 21.1. The van der Waals surface area contributed by atoms with Crippen molar-refractivity contribution in [2.45, 2.75) is 208 Å². The summed E-state index contributed by atoms with van der Waals surface area (Å²) in [7, 11) is 0.0324. The second-order valence-corrected chi connectivity index (χ2v) is 27.3. The van der Waals surface area contributed by atoms with E-state index < -0.39 is 11.2 Å². The van der Waals surface area contributed by atoms with E-state index in [2.05, 4.69) is 125 Å². The molecule has 0 heterocycles. The molecule has 2 nitrogen and oxygen atoms in total. The maximum absolute atomic E-state index is 10.1. The Balaban J connectivity index is -0.000000133. The summed E-state index contributed by atoms with van der Waals surface area (Å²) in [4.78, 5) is 0. The van der Waals surface area contributed by atoms with Gasteiger partial charge in [0.15, 0.2) is 0 Å². The van der Waals surface area contributed by atoms with Crippen LogP contribution in [0.25, 0.3) is 0 Å². The molecule has 0 bridgehead atoms. The molecule has 0 aliphatic rings. The van der Waals surface area contributed by atoms with Gasteiger partial charge in [0.2, 0.25) is 0 Å². The standard InChI is InChI=1S/2C12H27P.2C4H9O.Pd/c2*1-10(2,3)13(11(4,5)6)12(7,8)9;2*1-4(2,3)5;/h2*1-9H3;2*1-3H3;/q;;2*-1;+2. The van der Waals surface area contributed by atoms with E-state index in [0.29, 0.717) is 30.9 Å². The molecule has 0 spiro atoms. The first kappa shape index (κ1) is 48.2. The van der Waals surface area contributed by atoms with Gasteiger partial charge in [-0.1, -0.05) is 182 Å². The van der Waals surface area contributed by atoms with E-state index in [1.807, 2.05) is 0 Å². The smallest absolute Gasteiger partial charge is 0.850 e. The molecule has 0 amide bonds. The normalized spacial score (nSPS) is 13.9. The number of hydrogen-bond acceptors (Lipinski definition) is 2. The minimum atomic E-state index is -0.750. The molecule has 0 radical (unpaired) electrons. The summed E-state index contributed by atoms with van der Waals surface area (Å²) in [6, 6.07) is 0. The Morgan fingerprint density at radius 2 is 0.324 bits per heavy atom. The molecule has 0 rings (SSSR count). The second kappa shape index (κ2) is 16.2. The van der Waals surface area contributed by atoms with E-state index in [0.717, 1.165) is 0 Å². The molecule has 5 heteroatoms. The van der Waals surface area contributed by atoms with Crippen LogP contribution < -0.4 is 10.2 Å². The molecule has 0 aliphatic heterocycles. The molecule has 0 fully saturated rings. The van der Waals surface area contributed by atoms with Gasteiger partial charge in [-0.25, -0.2) is 0 Å². The third-order valence-corrected chi connectivity index (χ3v) is 12.1. The quantitative estimate of drug-likeness (QED) is 0.192. The van der Waals surface area contributed by atoms with Crippen LogP contribution in [0.4, 0.5) is 0 Å². The molecular formula is C32H72O2P2Pd. The van der Waals surface area contributed by atoms with Crippen molar-refractivity contribution in [3.8, 4) is 0 Å². The summed E-state index contributed by atoms with van der Waals surface area (Å²) < 4.78 is 0. The fourth-order valence-electron chi connectivity index (χ4n) is 6.04. The maximum Gasteiger partial charge on any atom is 2.00 e. The summed E-state index contributed by atoms with van der Waals surface area (Å²) in [5.74, 6) is 0. The summed E-state index contributed by atoms with van der Waals surface area (Å²) >= 11 is 0. The van der Waals surface area contributed by atoms with Crippen molar-refractivity contribution in [3.05, 3.63) is 0 Å². The fraction of sp³-hybridized carbons (Fsp3) is 1.00. The van der Waals surface area contributed by atoms with Gasteiger partial charge in [0.05, 0.1) is 0 Å². The first-order chi connectivity index (χ1) is 14.7. The Bertz CT molecular complexity index is 442. The van der Waals surface area contributed by atoms with Gasteiger partial charge in [-0.2, -0.15) is 0 Å². The predicted octanol–water partition coefficient (Wildman–Crippen LogP) is 10.0. The molecule has 0 aromatic heterocycles. The minimum absolute atomic E-state index is 0.